The number of carbonyl (C=O) groups excluding carboxylic acids is 1. The number of carboxylic acids is 1. The number of nitrogens with zero attached hydrogens (tertiary/aromatic N) is 1. The Morgan fingerprint density at radius 3 is 2.05 bits per heavy atom. The number of urea groups is 1. The van der Waals surface area contributed by atoms with E-state index in [4.69, 9.17) is 5.11 Å². The Morgan fingerprint density at radius 2 is 1.70 bits per heavy atom. The van der Waals surface area contributed by atoms with E-state index in [2.05, 4.69) is 33.0 Å². The molecule has 0 saturated carbocycles. The molecule has 0 aliphatic carbocycles. The van der Waals surface area contributed by atoms with Gasteiger partial charge in [0.2, 0.25) is 0 Å². The highest BCUT2D eigenvalue weighted by Gasteiger charge is 2.26. The lowest BCUT2D eigenvalue weighted by Gasteiger charge is -2.33. The SMILES string of the molecule is CCCC(NC(=O)N(CC(C)C)C(CC)CC)C(=O)O. The number of hydrogen-bond donors (Lipinski definition) is 2. The van der Waals surface area contributed by atoms with E-state index < -0.39 is 12.0 Å². The smallest absolute Gasteiger partial charge is 0.326 e. The van der Waals surface area contributed by atoms with Gasteiger partial charge in [-0.2, -0.15) is 0 Å². The largest absolute Gasteiger partial charge is 0.480 e. The van der Waals surface area contributed by atoms with E-state index in [0.29, 0.717) is 18.9 Å². The van der Waals surface area contributed by atoms with Crippen molar-refractivity contribution in [3.05, 3.63) is 0 Å². The highest BCUT2D eigenvalue weighted by atomic mass is 16.4. The fourth-order valence-electron chi connectivity index (χ4n) is 2.30. The van der Waals surface area contributed by atoms with Crippen LogP contribution in [-0.2, 0) is 4.79 Å². The summed E-state index contributed by atoms with van der Waals surface area (Å²) in [5.41, 5.74) is 0. The first-order chi connectivity index (χ1) is 9.37. The van der Waals surface area contributed by atoms with Crippen molar-refractivity contribution in [1.82, 2.24) is 10.2 Å². The summed E-state index contributed by atoms with van der Waals surface area (Å²) in [5.74, 6) is -0.606. The van der Waals surface area contributed by atoms with Crippen molar-refractivity contribution >= 4 is 12.0 Å². The Labute approximate surface area is 122 Å². The van der Waals surface area contributed by atoms with Gasteiger partial charge in [-0.05, 0) is 25.2 Å². The summed E-state index contributed by atoms with van der Waals surface area (Å²) in [4.78, 5) is 25.3. The van der Waals surface area contributed by atoms with Gasteiger partial charge < -0.3 is 15.3 Å². The van der Waals surface area contributed by atoms with Crippen molar-refractivity contribution < 1.29 is 14.7 Å². The molecule has 118 valence electrons. The van der Waals surface area contributed by atoms with E-state index in [1.807, 2.05) is 6.92 Å². The molecule has 0 aromatic heterocycles. The fraction of sp³-hybridized carbons (Fsp3) is 0.867. The zero-order chi connectivity index (χ0) is 15.7. The summed E-state index contributed by atoms with van der Waals surface area (Å²) < 4.78 is 0. The fourth-order valence-corrected chi connectivity index (χ4v) is 2.30. The summed E-state index contributed by atoms with van der Waals surface area (Å²) in [6.07, 6.45) is 2.94. The van der Waals surface area contributed by atoms with Crippen LogP contribution in [-0.4, -0.2) is 40.6 Å². The van der Waals surface area contributed by atoms with Crippen LogP contribution >= 0.6 is 0 Å². The molecule has 0 saturated heterocycles. The van der Waals surface area contributed by atoms with Crippen LogP contribution < -0.4 is 5.32 Å². The van der Waals surface area contributed by atoms with Gasteiger partial charge in [-0.3, -0.25) is 0 Å². The van der Waals surface area contributed by atoms with E-state index in [-0.39, 0.29) is 12.1 Å². The predicted molar refractivity (Wildman–Crippen MR) is 80.8 cm³/mol. The molecule has 0 aromatic carbocycles. The molecular weight excluding hydrogens is 256 g/mol. The molecule has 0 spiro atoms. The molecule has 5 nitrogen and oxygen atoms in total. The van der Waals surface area contributed by atoms with Crippen molar-refractivity contribution in [2.75, 3.05) is 6.54 Å². The molecule has 2 N–H and O–H groups in total. The maximum Gasteiger partial charge on any atom is 0.326 e. The van der Waals surface area contributed by atoms with Gasteiger partial charge in [0.15, 0.2) is 0 Å². The van der Waals surface area contributed by atoms with Gasteiger partial charge in [0.1, 0.15) is 6.04 Å². The highest BCUT2D eigenvalue weighted by molar-refractivity contribution is 5.82. The lowest BCUT2D eigenvalue weighted by molar-refractivity contribution is -0.139. The molecule has 0 aromatic rings. The molecule has 2 amide bonds. The standard InChI is InChI=1S/C15H30N2O3/c1-6-9-13(14(18)19)16-15(20)17(10-11(4)5)12(7-2)8-3/h11-13H,6-10H2,1-5H3,(H,16,20)(H,18,19). The first-order valence-electron chi connectivity index (χ1n) is 7.67. The molecule has 0 rings (SSSR count). The molecule has 0 fully saturated rings. The van der Waals surface area contributed by atoms with Gasteiger partial charge in [-0.25, -0.2) is 9.59 Å². The summed E-state index contributed by atoms with van der Waals surface area (Å²) in [7, 11) is 0. The van der Waals surface area contributed by atoms with Crippen LogP contribution in [0.2, 0.25) is 0 Å². The molecule has 20 heavy (non-hydrogen) atoms. The number of amides is 2. The second-order valence-electron chi connectivity index (χ2n) is 5.65. The third-order valence-corrected chi connectivity index (χ3v) is 3.38. The van der Waals surface area contributed by atoms with Gasteiger partial charge in [-0.15, -0.1) is 0 Å². The van der Waals surface area contributed by atoms with Gasteiger partial charge in [0.25, 0.3) is 0 Å². The number of rotatable bonds is 9. The Balaban J connectivity index is 4.88. The average molecular weight is 286 g/mol. The van der Waals surface area contributed by atoms with Crippen molar-refractivity contribution in [2.45, 2.75) is 72.4 Å². The van der Waals surface area contributed by atoms with Crippen molar-refractivity contribution in [3.63, 3.8) is 0 Å². The average Bonchev–Trinajstić information content (AvgIpc) is 2.37. The van der Waals surface area contributed by atoms with E-state index in [1.54, 1.807) is 4.90 Å². The van der Waals surface area contributed by atoms with E-state index in [9.17, 15) is 9.59 Å². The third kappa shape index (κ3) is 6.26. The topological polar surface area (TPSA) is 69.6 Å². The molecule has 5 heteroatoms. The maximum absolute atomic E-state index is 12.4. The van der Waals surface area contributed by atoms with Crippen LogP contribution in [0, 0.1) is 5.92 Å². The molecule has 0 aliphatic heterocycles. The second-order valence-corrected chi connectivity index (χ2v) is 5.65. The minimum absolute atomic E-state index is 0.161. The van der Waals surface area contributed by atoms with Crippen LogP contribution in [0.15, 0.2) is 0 Å². The van der Waals surface area contributed by atoms with Crippen LogP contribution in [0.5, 0.6) is 0 Å². The first-order valence-corrected chi connectivity index (χ1v) is 7.67. The predicted octanol–water partition coefficient (Wildman–Crippen LogP) is 3.10. The summed E-state index contributed by atoms with van der Waals surface area (Å²) >= 11 is 0. The molecule has 0 bridgehead atoms. The number of hydrogen-bond acceptors (Lipinski definition) is 2. The van der Waals surface area contributed by atoms with Crippen molar-refractivity contribution in [3.8, 4) is 0 Å². The number of aliphatic carboxylic acids is 1. The van der Waals surface area contributed by atoms with E-state index in [0.717, 1.165) is 19.3 Å². The van der Waals surface area contributed by atoms with Crippen LogP contribution in [0.25, 0.3) is 0 Å². The quantitative estimate of drug-likeness (QED) is 0.684. The third-order valence-electron chi connectivity index (χ3n) is 3.38. The molecular formula is C15H30N2O3. The zero-order valence-corrected chi connectivity index (χ0v) is 13.5. The van der Waals surface area contributed by atoms with Crippen LogP contribution in [0.3, 0.4) is 0 Å². The second kappa shape index (κ2) is 9.61. The Kier molecular flexibility index (Phi) is 9.01. The first kappa shape index (κ1) is 18.7. The normalized spacial score (nSPS) is 12.6. The van der Waals surface area contributed by atoms with Gasteiger partial charge in [0, 0.05) is 12.6 Å². The molecule has 1 atom stereocenters. The molecule has 0 aliphatic rings. The lowest BCUT2D eigenvalue weighted by Crippen LogP contribution is -2.52. The van der Waals surface area contributed by atoms with E-state index >= 15 is 0 Å². The summed E-state index contributed by atoms with van der Waals surface area (Å²) in [6.45, 7) is 10.8. The van der Waals surface area contributed by atoms with Crippen molar-refractivity contribution in [1.29, 1.82) is 0 Å². The Bertz CT molecular complexity index is 301. The van der Waals surface area contributed by atoms with Gasteiger partial charge in [-0.1, -0.05) is 41.0 Å². The summed E-state index contributed by atoms with van der Waals surface area (Å²) in [5, 5.41) is 11.8. The zero-order valence-electron chi connectivity index (χ0n) is 13.5. The summed E-state index contributed by atoms with van der Waals surface area (Å²) in [6, 6.07) is -0.891. The van der Waals surface area contributed by atoms with Gasteiger partial charge in [0.05, 0.1) is 0 Å². The Hall–Kier alpha value is -1.26. The van der Waals surface area contributed by atoms with Crippen LogP contribution in [0.1, 0.15) is 60.3 Å². The highest BCUT2D eigenvalue weighted by Crippen LogP contribution is 2.12. The molecule has 1 unspecified atom stereocenters. The van der Waals surface area contributed by atoms with Crippen molar-refractivity contribution in [2.24, 2.45) is 5.92 Å². The van der Waals surface area contributed by atoms with Gasteiger partial charge >= 0.3 is 12.0 Å². The number of carboxylic acid groups (broad SMARTS) is 1. The molecule has 0 radical (unpaired) electrons. The van der Waals surface area contributed by atoms with E-state index in [1.165, 1.54) is 0 Å². The number of nitrogens with one attached hydrogen (secondary N) is 1. The monoisotopic (exact) mass is 286 g/mol. The van der Waals surface area contributed by atoms with Crippen LogP contribution in [0.4, 0.5) is 4.79 Å². The maximum atomic E-state index is 12.4. The minimum atomic E-state index is -0.964. The minimum Gasteiger partial charge on any atom is -0.480 e. The number of carbonyl (C=O) groups is 2. The lowest BCUT2D eigenvalue weighted by atomic mass is 10.1. The molecule has 0 heterocycles. The Morgan fingerprint density at radius 1 is 1.15 bits per heavy atom.